The molecule has 114 valence electrons. The zero-order valence-corrected chi connectivity index (χ0v) is 13.3. The van der Waals surface area contributed by atoms with Gasteiger partial charge in [0.2, 0.25) is 0 Å². The van der Waals surface area contributed by atoms with E-state index in [-0.39, 0.29) is 16.9 Å². The summed E-state index contributed by atoms with van der Waals surface area (Å²) < 4.78 is 0. The van der Waals surface area contributed by atoms with Gasteiger partial charge in [0, 0.05) is 11.8 Å². The van der Waals surface area contributed by atoms with Gasteiger partial charge in [0.15, 0.2) is 0 Å². The summed E-state index contributed by atoms with van der Waals surface area (Å²) in [4.78, 5) is 12.5. The van der Waals surface area contributed by atoms with Gasteiger partial charge >= 0.3 is 0 Å². The van der Waals surface area contributed by atoms with Crippen molar-refractivity contribution >= 4 is 5.78 Å². The summed E-state index contributed by atoms with van der Waals surface area (Å²) in [5, 5.41) is 10.4. The summed E-state index contributed by atoms with van der Waals surface area (Å²) in [6.07, 6.45) is 8.33. The van der Waals surface area contributed by atoms with Gasteiger partial charge in [-0.1, -0.05) is 27.2 Å². The van der Waals surface area contributed by atoms with Crippen LogP contribution in [0.2, 0.25) is 0 Å². The van der Waals surface area contributed by atoms with Gasteiger partial charge in [-0.3, -0.25) is 4.79 Å². The Labute approximate surface area is 123 Å². The lowest BCUT2D eigenvalue weighted by Gasteiger charge is -2.55. The van der Waals surface area contributed by atoms with Gasteiger partial charge in [0.1, 0.15) is 5.78 Å². The Bertz CT molecular complexity index is 404. The van der Waals surface area contributed by atoms with Crippen molar-refractivity contribution < 1.29 is 9.90 Å². The number of fused-ring (bicyclic) bond motifs is 3. The molecule has 5 unspecified atom stereocenters. The van der Waals surface area contributed by atoms with Crippen molar-refractivity contribution in [3.05, 3.63) is 0 Å². The zero-order valence-electron chi connectivity index (χ0n) is 13.3. The minimum atomic E-state index is -0.108. The molecule has 0 radical (unpaired) electrons. The van der Waals surface area contributed by atoms with Crippen molar-refractivity contribution in [3.8, 4) is 0 Å². The molecule has 0 saturated heterocycles. The molecule has 3 fully saturated rings. The molecular weight excluding hydrogens is 248 g/mol. The number of Topliss-reactive ketones (excluding diaryl/α,β-unsaturated/α-hetero) is 1. The summed E-state index contributed by atoms with van der Waals surface area (Å²) >= 11 is 0. The summed E-state index contributed by atoms with van der Waals surface area (Å²) in [6.45, 7) is 6.75. The smallest absolute Gasteiger partial charge is 0.139 e. The van der Waals surface area contributed by atoms with Crippen LogP contribution in [0.15, 0.2) is 0 Å². The molecule has 2 heteroatoms. The standard InChI is InChI=1S/C18H30O2/c1-4-10-17(2)14-9-11-18(3)13(6-8-16(18)20)12(14)5-7-15(17)19/h12-14,16,20H,4-11H2,1-3H3/t12?,13?,14?,16?,17-,18?/m1/s1. The van der Waals surface area contributed by atoms with E-state index in [2.05, 4.69) is 20.8 Å². The van der Waals surface area contributed by atoms with Crippen LogP contribution in [0.25, 0.3) is 0 Å². The first-order valence-electron chi connectivity index (χ1n) is 8.65. The SMILES string of the molecule is CCC[C@@]1(C)C(=O)CCC2C3CCC(O)C3(C)CCC21. The van der Waals surface area contributed by atoms with Gasteiger partial charge in [-0.15, -0.1) is 0 Å². The monoisotopic (exact) mass is 278 g/mol. The fraction of sp³-hybridized carbons (Fsp3) is 0.944. The van der Waals surface area contributed by atoms with Crippen LogP contribution in [0, 0.1) is 28.6 Å². The maximum atomic E-state index is 12.5. The van der Waals surface area contributed by atoms with E-state index in [4.69, 9.17) is 0 Å². The highest BCUT2D eigenvalue weighted by Gasteiger charge is 2.59. The lowest BCUT2D eigenvalue weighted by molar-refractivity contribution is -0.147. The average molecular weight is 278 g/mol. The summed E-state index contributed by atoms with van der Waals surface area (Å²) in [5.74, 6) is 2.43. The maximum Gasteiger partial charge on any atom is 0.139 e. The topological polar surface area (TPSA) is 37.3 Å². The number of hydrogen-bond acceptors (Lipinski definition) is 2. The zero-order chi connectivity index (χ0) is 14.5. The van der Waals surface area contributed by atoms with Crippen LogP contribution >= 0.6 is 0 Å². The molecule has 3 aliphatic rings. The minimum absolute atomic E-state index is 0.0768. The third-order valence-electron chi connectivity index (χ3n) is 7.32. The average Bonchev–Trinajstić information content (AvgIpc) is 2.71. The van der Waals surface area contributed by atoms with E-state index in [0.29, 0.717) is 23.5 Å². The highest BCUT2D eigenvalue weighted by atomic mass is 16.3. The van der Waals surface area contributed by atoms with Gasteiger partial charge in [-0.2, -0.15) is 0 Å². The van der Waals surface area contributed by atoms with E-state index in [0.717, 1.165) is 44.9 Å². The second-order valence-corrected chi connectivity index (χ2v) is 8.14. The van der Waals surface area contributed by atoms with Crippen molar-refractivity contribution in [1.29, 1.82) is 0 Å². The summed E-state index contributed by atoms with van der Waals surface area (Å²) in [5.41, 5.74) is 0.0568. The second kappa shape index (κ2) is 4.83. The molecule has 0 amide bonds. The number of carbonyl (C=O) groups is 1. The van der Waals surface area contributed by atoms with Crippen LogP contribution in [0.3, 0.4) is 0 Å². The molecule has 20 heavy (non-hydrogen) atoms. The fourth-order valence-corrected chi connectivity index (χ4v) is 6.09. The molecule has 0 aromatic rings. The van der Waals surface area contributed by atoms with Crippen molar-refractivity contribution in [2.24, 2.45) is 28.6 Å². The van der Waals surface area contributed by atoms with E-state index >= 15 is 0 Å². The van der Waals surface area contributed by atoms with E-state index in [9.17, 15) is 9.90 Å². The Morgan fingerprint density at radius 1 is 1.15 bits per heavy atom. The summed E-state index contributed by atoms with van der Waals surface area (Å²) in [7, 11) is 0. The molecule has 6 atom stereocenters. The van der Waals surface area contributed by atoms with Crippen molar-refractivity contribution in [2.75, 3.05) is 0 Å². The van der Waals surface area contributed by atoms with Crippen LogP contribution in [0.5, 0.6) is 0 Å². The molecule has 2 nitrogen and oxygen atoms in total. The molecule has 0 aliphatic heterocycles. The molecule has 0 spiro atoms. The van der Waals surface area contributed by atoms with E-state index in [1.54, 1.807) is 0 Å². The second-order valence-electron chi connectivity index (χ2n) is 8.14. The number of hydrogen-bond donors (Lipinski definition) is 1. The van der Waals surface area contributed by atoms with Gasteiger partial charge in [-0.25, -0.2) is 0 Å². The minimum Gasteiger partial charge on any atom is -0.393 e. The molecule has 3 saturated carbocycles. The van der Waals surface area contributed by atoms with E-state index in [1.165, 1.54) is 6.42 Å². The van der Waals surface area contributed by atoms with Crippen molar-refractivity contribution in [2.45, 2.75) is 78.2 Å². The first-order valence-corrected chi connectivity index (χ1v) is 8.65. The normalized spacial score (nSPS) is 51.7. The van der Waals surface area contributed by atoms with E-state index in [1.807, 2.05) is 0 Å². The maximum absolute atomic E-state index is 12.5. The predicted molar refractivity (Wildman–Crippen MR) is 80.3 cm³/mol. The van der Waals surface area contributed by atoms with Crippen LogP contribution in [0.4, 0.5) is 0 Å². The van der Waals surface area contributed by atoms with Crippen LogP contribution in [-0.2, 0) is 4.79 Å². The predicted octanol–water partition coefficient (Wildman–Crippen LogP) is 3.96. The number of aliphatic hydroxyl groups excluding tert-OH is 1. The Balaban J connectivity index is 1.90. The molecule has 0 aromatic heterocycles. The third-order valence-corrected chi connectivity index (χ3v) is 7.32. The highest BCUT2D eigenvalue weighted by molar-refractivity contribution is 5.85. The number of aliphatic hydroxyl groups is 1. The molecule has 3 aliphatic carbocycles. The molecule has 0 aromatic carbocycles. The molecule has 3 rings (SSSR count). The number of ketones is 1. The van der Waals surface area contributed by atoms with Gasteiger partial charge in [0.25, 0.3) is 0 Å². The van der Waals surface area contributed by atoms with E-state index < -0.39 is 0 Å². The Hall–Kier alpha value is -0.370. The molecule has 0 heterocycles. The van der Waals surface area contributed by atoms with Gasteiger partial charge in [-0.05, 0) is 61.7 Å². The number of rotatable bonds is 2. The first kappa shape index (κ1) is 14.6. The molecule has 1 N–H and O–H groups in total. The highest BCUT2D eigenvalue weighted by Crippen LogP contribution is 2.62. The largest absolute Gasteiger partial charge is 0.393 e. The van der Waals surface area contributed by atoms with Crippen molar-refractivity contribution in [3.63, 3.8) is 0 Å². The number of carbonyl (C=O) groups excluding carboxylic acids is 1. The van der Waals surface area contributed by atoms with Crippen LogP contribution in [-0.4, -0.2) is 17.0 Å². The van der Waals surface area contributed by atoms with Crippen LogP contribution in [0.1, 0.15) is 72.1 Å². The quantitative estimate of drug-likeness (QED) is 0.830. The van der Waals surface area contributed by atoms with Gasteiger partial charge < -0.3 is 5.11 Å². The van der Waals surface area contributed by atoms with Gasteiger partial charge in [0.05, 0.1) is 6.10 Å². The van der Waals surface area contributed by atoms with Crippen molar-refractivity contribution in [1.82, 2.24) is 0 Å². The third kappa shape index (κ3) is 1.83. The Morgan fingerprint density at radius 2 is 1.90 bits per heavy atom. The lowest BCUT2D eigenvalue weighted by Crippen LogP contribution is -2.52. The lowest BCUT2D eigenvalue weighted by atomic mass is 9.49. The molecule has 0 bridgehead atoms. The first-order chi connectivity index (χ1) is 9.43. The van der Waals surface area contributed by atoms with Crippen LogP contribution < -0.4 is 0 Å². The fourth-order valence-electron chi connectivity index (χ4n) is 6.09. The Morgan fingerprint density at radius 3 is 2.60 bits per heavy atom. The summed E-state index contributed by atoms with van der Waals surface area (Å²) in [6, 6.07) is 0. The molecular formula is C18H30O2. The Kier molecular flexibility index (Phi) is 3.52.